The van der Waals surface area contributed by atoms with Crippen molar-refractivity contribution in [3.63, 3.8) is 0 Å². The van der Waals surface area contributed by atoms with Gasteiger partial charge in [-0.25, -0.2) is 0 Å². The molecule has 0 bridgehead atoms. The van der Waals surface area contributed by atoms with Crippen molar-refractivity contribution in [1.82, 2.24) is 10.2 Å². The van der Waals surface area contributed by atoms with Gasteiger partial charge in [0.05, 0.1) is 18.8 Å². The van der Waals surface area contributed by atoms with Gasteiger partial charge in [-0.3, -0.25) is 4.90 Å². The average Bonchev–Trinajstić information content (AvgIpc) is 2.82. The van der Waals surface area contributed by atoms with Crippen molar-refractivity contribution in [2.45, 2.75) is 32.0 Å². The summed E-state index contributed by atoms with van der Waals surface area (Å²) in [4.78, 5) is 2.55. The minimum absolute atomic E-state index is 0.255. The van der Waals surface area contributed by atoms with Crippen LogP contribution < -0.4 is 5.32 Å². The number of hydrogen-bond acceptors (Lipinski definition) is 4. The van der Waals surface area contributed by atoms with Crippen LogP contribution in [0.2, 0.25) is 0 Å². The van der Waals surface area contributed by atoms with E-state index in [1.807, 2.05) is 7.05 Å². The van der Waals surface area contributed by atoms with E-state index in [4.69, 9.17) is 4.74 Å². The third-order valence-electron chi connectivity index (χ3n) is 3.34. The van der Waals surface area contributed by atoms with E-state index in [2.05, 4.69) is 40.9 Å². The zero-order valence-electron chi connectivity index (χ0n) is 10.8. The quantitative estimate of drug-likeness (QED) is 0.891. The number of likely N-dealkylation sites (N-methyl/N-ethyl adjacent to an activating group) is 1. The molecular formula is C13H22N2OS. The molecule has 1 aliphatic heterocycles. The minimum Gasteiger partial charge on any atom is -0.374 e. The Morgan fingerprint density at radius 2 is 2.41 bits per heavy atom. The van der Waals surface area contributed by atoms with E-state index < -0.39 is 0 Å². The Bertz CT molecular complexity index is 324. The first-order valence-electron chi connectivity index (χ1n) is 6.28. The van der Waals surface area contributed by atoms with Crippen LogP contribution in [0.3, 0.4) is 0 Å². The van der Waals surface area contributed by atoms with E-state index >= 15 is 0 Å². The Hall–Kier alpha value is -0.420. The zero-order valence-corrected chi connectivity index (χ0v) is 11.7. The third-order valence-corrected chi connectivity index (χ3v) is 4.05. The van der Waals surface area contributed by atoms with Gasteiger partial charge in [0.1, 0.15) is 0 Å². The molecule has 0 saturated carbocycles. The maximum absolute atomic E-state index is 5.94. The molecule has 1 aromatic rings. The van der Waals surface area contributed by atoms with Crippen LogP contribution in [0.15, 0.2) is 16.8 Å². The maximum atomic E-state index is 5.94. The molecule has 17 heavy (non-hydrogen) atoms. The molecule has 0 aliphatic carbocycles. The summed E-state index contributed by atoms with van der Waals surface area (Å²) in [6, 6.07) is 3.17. The van der Waals surface area contributed by atoms with Gasteiger partial charge in [-0.2, -0.15) is 11.3 Å². The van der Waals surface area contributed by atoms with Gasteiger partial charge in [-0.05, 0) is 43.3 Å². The van der Waals surface area contributed by atoms with E-state index in [0.717, 1.165) is 19.7 Å². The fourth-order valence-electron chi connectivity index (χ4n) is 2.55. The Labute approximate surface area is 108 Å². The van der Waals surface area contributed by atoms with Gasteiger partial charge in [0.2, 0.25) is 0 Å². The van der Waals surface area contributed by atoms with Crippen molar-refractivity contribution in [2.24, 2.45) is 0 Å². The predicted octanol–water partition coefficient (Wildman–Crippen LogP) is 2.12. The maximum Gasteiger partial charge on any atom is 0.0896 e. The Balaban J connectivity index is 2.22. The number of ether oxygens (including phenoxy) is 1. The molecule has 2 atom stereocenters. The predicted molar refractivity (Wildman–Crippen MR) is 72.6 cm³/mol. The Morgan fingerprint density at radius 1 is 1.59 bits per heavy atom. The number of hydrogen-bond donors (Lipinski definition) is 1. The second kappa shape index (κ2) is 5.96. The Morgan fingerprint density at radius 3 is 3.00 bits per heavy atom. The first-order valence-corrected chi connectivity index (χ1v) is 7.22. The van der Waals surface area contributed by atoms with Crippen LogP contribution in [0.1, 0.15) is 25.5 Å². The molecule has 1 aromatic heterocycles. The highest BCUT2D eigenvalue weighted by molar-refractivity contribution is 7.07. The molecule has 2 unspecified atom stereocenters. The van der Waals surface area contributed by atoms with Crippen molar-refractivity contribution in [3.8, 4) is 0 Å². The average molecular weight is 254 g/mol. The third kappa shape index (κ3) is 2.88. The SMILES string of the molecule is CNCC1OCCN(C(C)C)C1c1ccsc1. The van der Waals surface area contributed by atoms with Crippen LogP contribution in [-0.4, -0.2) is 43.8 Å². The van der Waals surface area contributed by atoms with Crippen LogP contribution in [0, 0.1) is 0 Å². The fraction of sp³-hybridized carbons (Fsp3) is 0.692. The van der Waals surface area contributed by atoms with Gasteiger partial charge in [-0.1, -0.05) is 0 Å². The summed E-state index contributed by atoms with van der Waals surface area (Å²) in [5.41, 5.74) is 1.39. The summed E-state index contributed by atoms with van der Waals surface area (Å²) in [5.74, 6) is 0. The standard InChI is InChI=1S/C13H22N2OS/c1-10(2)15-5-6-16-12(8-14-3)13(15)11-4-7-17-9-11/h4,7,9-10,12-14H,5-6,8H2,1-3H3. The molecule has 1 saturated heterocycles. The van der Waals surface area contributed by atoms with Crippen LogP contribution in [-0.2, 0) is 4.74 Å². The van der Waals surface area contributed by atoms with Gasteiger partial charge < -0.3 is 10.1 Å². The molecule has 0 aromatic carbocycles. The van der Waals surface area contributed by atoms with Crippen molar-refractivity contribution >= 4 is 11.3 Å². The summed E-state index contributed by atoms with van der Waals surface area (Å²) in [6.45, 7) is 7.30. The summed E-state index contributed by atoms with van der Waals surface area (Å²) >= 11 is 1.76. The van der Waals surface area contributed by atoms with Gasteiger partial charge in [-0.15, -0.1) is 0 Å². The lowest BCUT2D eigenvalue weighted by Gasteiger charge is -2.43. The molecule has 1 fully saturated rings. The van der Waals surface area contributed by atoms with Crippen molar-refractivity contribution < 1.29 is 4.74 Å². The molecule has 96 valence electrons. The normalized spacial score (nSPS) is 26.6. The molecule has 2 heterocycles. The molecule has 1 aliphatic rings. The first-order chi connectivity index (χ1) is 8.24. The van der Waals surface area contributed by atoms with Crippen molar-refractivity contribution in [1.29, 1.82) is 0 Å². The van der Waals surface area contributed by atoms with Gasteiger partial charge >= 0.3 is 0 Å². The van der Waals surface area contributed by atoms with Crippen LogP contribution in [0.5, 0.6) is 0 Å². The fourth-order valence-corrected chi connectivity index (χ4v) is 3.24. The molecule has 0 spiro atoms. The van der Waals surface area contributed by atoms with Crippen LogP contribution in [0.4, 0.5) is 0 Å². The lowest BCUT2D eigenvalue weighted by atomic mass is 9.99. The van der Waals surface area contributed by atoms with Gasteiger partial charge in [0.25, 0.3) is 0 Å². The monoisotopic (exact) mass is 254 g/mol. The molecule has 0 radical (unpaired) electrons. The number of rotatable bonds is 4. The molecule has 1 N–H and O–H groups in total. The van der Waals surface area contributed by atoms with E-state index in [0.29, 0.717) is 12.1 Å². The number of thiophene rings is 1. The molecule has 2 rings (SSSR count). The molecule has 3 nitrogen and oxygen atoms in total. The van der Waals surface area contributed by atoms with E-state index in [9.17, 15) is 0 Å². The number of nitrogens with zero attached hydrogens (tertiary/aromatic N) is 1. The number of morpholine rings is 1. The second-order valence-corrected chi connectivity index (χ2v) is 5.58. The van der Waals surface area contributed by atoms with E-state index in [1.165, 1.54) is 5.56 Å². The van der Waals surface area contributed by atoms with Crippen LogP contribution >= 0.6 is 11.3 Å². The minimum atomic E-state index is 0.255. The zero-order chi connectivity index (χ0) is 12.3. The summed E-state index contributed by atoms with van der Waals surface area (Å²) in [5, 5.41) is 7.64. The van der Waals surface area contributed by atoms with E-state index in [1.54, 1.807) is 11.3 Å². The van der Waals surface area contributed by atoms with Crippen LogP contribution in [0.25, 0.3) is 0 Å². The first kappa shape index (κ1) is 13.0. The van der Waals surface area contributed by atoms with Crippen molar-refractivity contribution in [2.75, 3.05) is 26.7 Å². The molecule has 0 amide bonds. The highest BCUT2D eigenvalue weighted by Gasteiger charge is 2.34. The molecular weight excluding hydrogens is 232 g/mol. The topological polar surface area (TPSA) is 24.5 Å². The largest absolute Gasteiger partial charge is 0.374 e. The lowest BCUT2D eigenvalue weighted by Crippen LogP contribution is -2.50. The van der Waals surface area contributed by atoms with Gasteiger partial charge in [0.15, 0.2) is 0 Å². The summed E-state index contributed by atoms with van der Waals surface area (Å²) in [6.07, 6.45) is 0.255. The highest BCUT2D eigenvalue weighted by atomic mass is 32.1. The van der Waals surface area contributed by atoms with E-state index in [-0.39, 0.29) is 6.10 Å². The smallest absolute Gasteiger partial charge is 0.0896 e. The summed E-state index contributed by atoms with van der Waals surface area (Å²) in [7, 11) is 1.99. The Kier molecular flexibility index (Phi) is 4.56. The molecule has 4 heteroatoms. The van der Waals surface area contributed by atoms with Crippen molar-refractivity contribution in [3.05, 3.63) is 22.4 Å². The summed E-state index contributed by atoms with van der Waals surface area (Å²) < 4.78 is 5.94. The highest BCUT2D eigenvalue weighted by Crippen LogP contribution is 2.32. The number of nitrogens with one attached hydrogen (secondary N) is 1. The lowest BCUT2D eigenvalue weighted by molar-refractivity contribution is -0.0814. The van der Waals surface area contributed by atoms with Gasteiger partial charge in [0, 0.05) is 19.1 Å². The second-order valence-electron chi connectivity index (χ2n) is 4.80.